The van der Waals surface area contributed by atoms with Crippen molar-refractivity contribution in [1.29, 1.82) is 0 Å². The van der Waals surface area contributed by atoms with E-state index in [0.29, 0.717) is 0 Å². The van der Waals surface area contributed by atoms with E-state index in [1.807, 2.05) is 91.0 Å². The Kier molecular flexibility index (Phi) is 6.04. The van der Waals surface area contributed by atoms with Gasteiger partial charge in [0.2, 0.25) is 0 Å². The fourth-order valence-corrected chi connectivity index (χ4v) is 6.89. The van der Waals surface area contributed by atoms with E-state index in [1.54, 1.807) is 0 Å². The van der Waals surface area contributed by atoms with Gasteiger partial charge in [0.1, 0.15) is 0 Å². The van der Waals surface area contributed by atoms with Crippen molar-refractivity contribution in [1.82, 2.24) is 0 Å². The topological polar surface area (TPSA) is 0 Å². The van der Waals surface area contributed by atoms with Crippen molar-refractivity contribution in [2.75, 3.05) is 0 Å². The van der Waals surface area contributed by atoms with Crippen LogP contribution in [0.15, 0.2) is 91.0 Å². The second kappa shape index (κ2) is 7.81. The summed E-state index contributed by atoms with van der Waals surface area (Å²) in [6, 6.07) is 27.6. The van der Waals surface area contributed by atoms with Crippen molar-refractivity contribution in [3.05, 3.63) is 91.0 Å². The molecule has 0 bridgehead atoms. The fourth-order valence-electron chi connectivity index (χ4n) is 2.98. The Labute approximate surface area is 146 Å². The van der Waals surface area contributed by atoms with Crippen LogP contribution in [0.25, 0.3) is 0 Å². The van der Waals surface area contributed by atoms with Crippen LogP contribution in [0.2, 0.25) is 0 Å². The average molecular weight is 395 g/mol. The van der Waals surface area contributed by atoms with Crippen LogP contribution in [-0.2, 0) is 0 Å². The molecule has 4 heteroatoms. The van der Waals surface area contributed by atoms with Gasteiger partial charge >= 0.3 is 129 Å². The van der Waals surface area contributed by atoms with Gasteiger partial charge in [-0.2, -0.15) is 0 Å². The monoisotopic (exact) mass is 394 g/mol. The van der Waals surface area contributed by atoms with Crippen LogP contribution in [0.1, 0.15) is 0 Å². The molecule has 3 rings (SSSR count). The van der Waals surface area contributed by atoms with Crippen molar-refractivity contribution in [2.24, 2.45) is 0 Å². The summed E-state index contributed by atoms with van der Waals surface area (Å²) in [7, 11) is -3.33. The summed E-state index contributed by atoms with van der Waals surface area (Å²) in [4.78, 5) is 0. The number of halogens is 3. The zero-order chi connectivity index (χ0) is 15.4. The molecule has 0 aromatic heterocycles. The predicted octanol–water partition coefficient (Wildman–Crippen LogP) is 4.51. The SMILES string of the molecule is Br.FC(F)[PH](c1ccccc1)(c1ccccc1)c1ccccc1. The number of hydrogen-bond donors (Lipinski definition) is 0. The molecule has 23 heavy (non-hydrogen) atoms. The van der Waals surface area contributed by atoms with Gasteiger partial charge in [-0.1, -0.05) is 0 Å². The van der Waals surface area contributed by atoms with Gasteiger partial charge in [0.15, 0.2) is 0 Å². The van der Waals surface area contributed by atoms with Gasteiger partial charge in [-0.3, -0.25) is 0 Å². The summed E-state index contributed by atoms with van der Waals surface area (Å²) in [5.74, 6) is 0. The molecule has 0 nitrogen and oxygen atoms in total. The quantitative estimate of drug-likeness (QED) is 0.571. The maximum absolute atomic E-state index is 14.5. The van der Waals surface area contributed by atoms with Gasteiger partial charge in [0, 0.05) is 0 Å². The minimum absolute atomic E-state index is 0. The predicted molar refractivity (Wildman–Crippen MR) is 103 cm³/mol. The van der Waals surface area contributed by atoms with Crippen molar-refractivity contribution in [2.45, 2.75) is 6.17 Å². The molecule has 0 spiro atoms. The van der Waals surface area contributed by atoms with E-state index in [0.717, 1.165) is 15.9 Å². The molecule has 0 aliphatic rings. The van der Waals surface area contributed by atoms with E-state index in [9.17, 15) is 8.78 Å². The molecule has 120 valence electrons. The normalized spacial score (nSPS) is 11.8. The first-order chi connectivity index (χ1) is 10.8. The van der Waals surface area contributed by atoms with E-state index in [-0.39, 0.29) is 17.0 Å². The molecule has 0 atom stereocenters. The summed E-state index contributed by atoms with van der Waals surface area (Å²) < 4.78 is 28.9. The van der Waals surface area contributed by atoms with Gasteiger partial charge in [-0.05, 0) is 0 Å². The standard InChI is InChI=1S/C19H17F2P.BrH/c20-19(21)22(16-10-4-1-5-11-16,17-12-6-2-7-13-17)18-14-8-3-9-15-18;/h1-15,19,22H;1H. The molecule has 0 saturated heterocycles. The maximum atomic E-state index is 14.5. The van der Waals surface area contributed by atoms with Crippen LogP contribution >= 0.6 is 24.2 Å². The molecule has 0 aliphatic heterocycles. The van der Waals surface area contributed by atoms with Crippen LogP contribution in [0.4, 0.5) is 8.78 Å². The van der Waals surface area contributed by atoms with Crippen LogP contribution in [0.5, 0.6) is 0 Å². The Morgan fingerprint density at radius 1 is 0.522 bits per heavy atom. The second-order valence-corrected chi connectivity index (χ2v) is 8.99. The summed E-state index contributed by atoms with van der Waals surface area (Å²) in [5, 5.41) is 2.22. The Bertz CT molecular complexity index is 621. The first-order valence-corrected chi connectivity index (χ1v) is 9.28. The molecule has 0 N–H and O–H groups in total. The van der Waals surface area contributed by atoms with Gasteiger partial charge in [0.05, 0.1) is 0 Å². The Hall–Kier alpha value is -1.57. The van der Waals surface area contributed by atoms with Crippen molar-refractivity contribution in [3.8, 4) is 0 Å². The van der Waals surface area contributed by atoms with Crippen LogP contribution in [0.3, 0.4) is 0 Å². The first kappa shape index (κ1) is 17.8. The van der Waals surface area contributed by atoms with Gasteiger partial charge < -0.3 is 0 Å². The first-order valence-electron chi connectivity index (χ1n) is 7.21. The molecule has 3 aromatic rings. The molecule has 0 heterocycles. The molecular weight excluding hydrogens is 377 g/mol. The van der Waals surface area contributed by atoms with Crippen molar-refractivity contribution in [3.63, 3.8) is 0 Å². The zero-order valence-electron chi connectivity index (χ0n) is 12.4. The molecule has 0 fully saturated rings. The Morgan fingerprint density at radius 2 is 0.783 bits per heavy atom. The number of alkyl halides is 2. The van der Waals surface area contributed by atoms with E-state index in [2.05, 4.69) is 0 Å². The number of rotatable bonds is 4. The summed E-state index contributed by atoms with van der Waals surface area (Å²) in [5.41, 5.74) is 0. The van der Waals surface area contributed by atoms with E-state index in [4.69, 9.17) is 0 Å². The Balaban J connectivity index is 0.00000192. The molecule has 0 saturated carbocycles. The zero-order valence-corrected chi connectivity index (χ0v) is 15.1. The number of hydrogen-bond acceptors (Lipinski definition) is 0. The van der Waals surface area contributed by atoms with Crippen molar-refractivity contribution < 1.29 is 8.78 Å². The average Bonchev–Trinajstić information content (AvgIpc) is 2.58. The van der Waals surface area contributed by atoms with E-state index in [1.165, 1.54) is 0 Å². The summed E-state index contributed by atoms with van der Waals surface area (Å²) >= 11 is 0. The van der Waals surface area contributed by atoms with E-state index < -0.39 is 13.4 Å². The number of benzene rings is 3. The van der Waals surface area contributed by atoms with E-state index >= 15 is 0 Å². The molecule has 3 aromatic carbocycles. The summed E-state index contributed by atoms with van der Waals surface area (Å²) in [6.07, 6.45) is -2.42. The molecular formula is C19H18BrF2P. The third-order valence-electron chi connectivity index (χ3n) is 4.01. The molecule has 0 aliphatic carbocycles. The third-order valence-corrected chi connectivity index (χ3v) is 8.40. The van der Waals surface area contributed by atoms with Gasteiger partial charge in [0.25, 0.3) is 0 Å². The van der Waals surface area contributed by atoms with Crippen molar-refractivity contribution >= 4 is 40.2 Å². The molecule has 0 unspecified atom stereocenters. The minimum atomic E-state index is -3.33. The third kappa shape index (κ3) is 3.22. The van der Waals surface area contributed by atoms with Crippen LogP contribution in [-0.4, -0.2) is 6.17 Å². The molecule has 0 amide bonds. The van der Waals surface area contributed by atoms with Gasteiger partial charge in [-0.15, -0.1) is 17.0 Å². The summed E-state index contributed by atoms with van der Waals surface area (Å²) in [6.45, 7) is 0. The van der Waals surface area contributed by atoms with Crippen LogP contribution < -0.4 is 15.9 Å². The van der Waals surface area contributed by atoms with Gasteiger partial charge in [-0.25, -0.2) is 0 Å². The molecule has 0 radical (unpaired) electrons. The Morgan fingerprint density at radius 3 is 1.00 bits per heavy atom. The fraction of sp³-hybridized carbons (Fsp3) is 0.0526. The second-order valence-electron chi connectivity index (χ2n) is 5.21. The van der Waals surface area contributed by atoms with Crippen LogP contribution in [0, 0.1) is 0 Å².